The molecule has 0 aromatic rings. The molecule has 2 aliphatic rings. The fraction of sp³-hybridized carbons (Fsp3) is 1.00. The fourth-order valence-corrected chi connectivity index (χ4v) is 3.07. The van der Waals surface area contributed by atoms with Gasteiger partial charge < -0.3 is 16.4 Å². The Kier molecular flexibility index (Phi) is 2.58. The van der Waals surface area contributed by atoms with E-state index in [1.54, 1.807) is 0 Å². The van der Waals surface area contributed by atoms with Crippen molar-refractivity contribution >= 4 is 0 Å². The quantitative estimate of drug-likeness (QED) is 0.648. The summed E-state index contributed by atoms with van der Waals surface area (Å²) in [6.45, 7) is 5.30. The van der Waals surface area contributed by atoms with Crippen LogP contribution >= 0.6 is 0 Å². The normalized spacial score (nSPS) is 39.7. The van der Waals surface area contributed by atoms with E-state index >= 15 is 0 Å². The monoisotopic (exact) mass is 183 g/mol. The lowest BCUT2D eigenvalue weighted by Gasteiger charge is -2.45. The predicted molar refractivity (Wildman–Crippen MR) is 54.3 cm³/mol. The topological polar surface area (TPSA) is 55.3 Å². The van der Waals surface area contributed by atoms with E-state index in [-0.39, 0.29) is 0 Å². The van der Waals surface area contributed by atoms with Crippen LogP contribution in [-0.4, -0.2) is 37.6 Å². The summed E-state index contributed by atoms with van der Waals surface area (Å²) in [5, 5.41) is 0. The van der Waals surface area contributed by atoms with Gasteiger partial charge in [-0.1, -0.05) is 0 Å². The first-order chi connectivity index (χ1) is 6.28. The second-order valence-electron chi connectivity index (χ2n) is 4.82. The van der Waals surface area contributed by atoms with Gasteiger partial charge in [0.1, 0.15) is 0 Å². The molecule has 3 nitrogen and oxygen atoms in total. The third-order valence-electron chi connectivity index (χ3n) is 3.74. The minimum atomic E-state index is 0.652. The van der Waals surface area contributed by atoms with E-state index in [4.69, 9.17) is 11.5 Å². The summed E-state index contributed by atoms with van der Waals surface area (Å²) in [4.78, 5) is 2.51. The summed E-state index contributed by atoms with van der Waals surface area (Å²) in [6, 6.07) is 0. The molecule has 0 aromatic carbocycles. The lowest BCUT2D eigenvalue weighted by Crippen LogP contribution is -2.43. The van der Waals surface area contributed by atoms with E-state index in [1.807, 2.05) is 0 Å². The Hall–Kier alpha value is -0.120. The van der Waals surface area contributed by atoms with Crippen LogP contribution in [-0.2, 0) is 0 Å². The molecule has 1 aliphatic carbocycles. The zero-order valence-corrected chi connectivity index (χ0v) is 8.34. The Balaban J connectivity index is 1.79. The lowest BCUT2D eigenvalue weighted by molar-refractivity contribution is 0.0690. The Morgan fingerprint density at radius 1 is 1.31 bits per heavy atom. The van der Waals surface area contributed by atoms with Crippen molar-refractivity contribution in [3.05, 3.63) is 0 Å². The van der Waals surface area contributed by atoms with Crippen molar-refractivity contribution in [3.63, 3.8) is 0 Å². The third kappa shape index (κ3) is 1.73. The van der Waals surface area contributed by atoms with E-state index in [0.29, 0.717) is 5.41 Å². The maximum atomic E-state index is 5.64. The average molecular weight is 183 g/mol. The average Bonchev–Trinajstić information content (AvgIpc) is 2.46. The van der Waals surface area contributed by atoms with Gasteiger partial charge in [0.25, 0.3) is 0 Å². The summed E-state index contributed by atoms with van der Waals surface area (Å²) in [6.07, 6.45) is 4.11. The van der Waals surface area contributed by atoms with E-state index in [2.05, 4.69) is 4.90 Å². The molecule has 1 spiro atoms. The van der Waals surface area contributed by atoms with Gasteiger partial charge in [-0.3, -0.25) is 0 Å². The van der Waals surface area contributed by atoms with Gasteiger partial charge in [0.15, 0.2) is 0 Å². The molecule has 3 heteroatoms. The molecule has 76 valence electrons. The van der Waals surface area contributed by atoms with Crippen LogP contribution in [0.1, 0.15) is 19.3 Å². The van der Waals surface area contributed by atoms with E-state index < -0.39 is 0 Å². The highest BCUT2D eigenvalue weighted by Gasteiger charge is 2.47. The number of nitrogens with zero attached hydrogens (tertiary/aromatic N) is 1. The van der Waals surface area contributed by atoms with Gasteiger partial charge in [0.2, 0.25) is 0 Å². The van der Waals surface area contributed by atoms with Crippen molar-refractivity contribution < 1.29 is 0 Å². The van der Waals surface area contributed by atoms with Crippen LogP contribution in [0.4, 0.5) is 0 Å². The number of hydrogen-bond donors (Lipinski definition) is 2. The second-order valence-corrected chi connectivity index (χ2v) is 4.82. The van der Waals surface area contributed by atoms with E-state index in [1.165, 1.54) is 32.4 Å². The summed E-state index contributed by atoms with van der Waals surface area (Å²) < 4.78 is 0. The summed E-state index contributed by atoms with van der Waals surface area (Å²) in [5.74, 6) is 0.817. The number of likely N-dealkylation sites (tertiary alicyclic amines) is 1. The van der Waals surface area contributed by atoms with E-state index in [9.17, 15) is 0 Å². The molecule has 2 fully saturated rings. The third-order valence-corrected chi connectivity index (χ3v) is 3.74. The number of nitrogens with two attached hydrogens (primary N) is 2. The van der Waals surface area contributed by atoms with Gasteiger partial charge in [-0.25, -0.2) is 0 Å². The molecule has 1 aliphatic heterocycles. The predicted octanol–water partition coefficient (Wildman–Crippen LogP) is 0.00590. The molecule has 1 saturated heterocycles. The molecule has 0 bridgehead atoms. The molecule has 0 aromatic heterocycles. The Morgan fingerprint density at radius 2 is 2.08 bits per heavy atom. The van der Waals surface area contributed by atoms with Gasteiger partial charge >= 0.3 is 0 Å². The van der Waals surface area contributed by atoms with Gasteiger partial charge in [-0.15, -0.1) is 0 Å². The molecule has 1 heterocycles. The van der Waals surface area contributed by atoms with Crippen LogP contribution < -0.4 is 11.5 Å². The zero-order valence-electron chi connectivity index (χ0n) is 8.34. The maximum absolute atomic E-state index is 5.64. The maximum Gasteiger partial charge on any atom is 0.0105 e. The first-order valence-electron chi connectivity index (χ1n) is 5.40. The molecule has 0 amide bonds. The Bertz CT molecular complexity index is 175. The van der Waals surface area contributed by atoms with Gasteiger partial charge in [0.05, 0.1) is 0 Å². The van der Waals surface area contributed by atoms with Crippen molar-refractivity contribution in [2.75, 3.05) is 32.7 Å². The van der Waals surface area contributed by atoms with Gasteiger partial charge in [0, 0.05) is 19.6 Å². The Morgan fingerprint density at radius 3 is 2.69 bits per heavy atom. The largest absolute Gasteiger partial charge is 0.330 e. The van der Waals surface area contributed by atoms with Crippen LogP contribution in [0.2, 0.25) is 0 Å². The molecule has 4 N–H and O–H groups in total. The molecule has 0 unspecified atom stereocenters. The molecular weight excluding hydrogens is 162 g/mol. The standard InChI is InChI=1S/C10H21N3/c11-2-4-13-3-1-10(8-13)5-9(6-10)7-12/h9H,1-8,11-12H2. The van der Waals surface area contributed by atoms with E-state index in [0.717, 1.165) is 25.6 Å². The fourth-order valence-electron chi connectivity index (χ4n) is 3.07. The minimum Gasteiger partial charge on any atom is -0.330 e. The van der Waals surface area contributed by atoms with Gasteiger partial charge in [-0.2, -0.15) is 0 Å². The Labute approximate surface area is 80.5 Å². The summed E-state index contributed by atoms with van der Waals surface area (Å²) in [5.41, 5.74) is 11.8. The van der Waals surface area contributed by atoms with Crippen molar-refractivity contribution in [3.8, 4) is 0 Å². The first-order valence-corrected chi connectivity index (χ1v) is 5.40. The van der Waals surface area contributed by atoms with Crippen LogP contribution in [0, 0.1) is 11.3 Å². The van der Waals surface area contributed by atoms with Crippen molar-refractivity contribution in [1.29, 1.82) is 0 Å². The van der Waals surface area contributed by atoms with Crippen LogP contribution in [0.3, 0.4) is 0 Å². The second kappa shape index (κ2) is 3.56. The van der Waals surface area contributed by atoms with Crippen molar-refractivity contribution in [2.24, 2.45) is 22.8 Å². The highest BCUT2D eigenvalue weighted by molar-refractivity contribution is 5.00. The number of rotatable bonds is 3. The van der Waals surface area contributed by atoms with Gasteiger partial charge in [-0.05, 0) is 43.7 Å². The zero-order chi connectivity index (χ0) is 9.31. The highest BCUT2D eigenvalue weighted by Crippen LogP contribution is 2.51. The highest BCUT2D eigenvalue weighted by atomic mass is 15.2. The van der Waals surface area contributed by atoms with Crippen LogP contribution in [0.25, 0.3) is 0 Å². The smallest absolute Gasteiger partial charge is 0.0105 e. The van der Waals surface area contributed by atoms with Crippen LogP contribution in [0.15, 0.2) is 0 Å². The molecule has 0 radical (unpaired) electrons. The SMILES string of the molecule is NCCN1CCC2(CC(CN)C2)C1. The van der Waals surface area contributed by atoms with Crippen LogP contribution in [0.5, 0.6) is 0 Å². The molecule has 1 saturated carbocycles. The van der Waals surface area contributed by atoms with Crippen molar-refractivity contribution in [1.82, 2.24) is 4.90 Å². The first kappa shape index (κ1) is 9.44. The number of hydrogen-bond acceptors (Lipinski definition) is 3. The summed E-state index contributed by atoms with van der Waals surface area (Å²) in [7, 11) is 0. The molecule has 2 rings (SSSR count). The minimum absolute atomic E-state index is 0.652. The molecular formula is C10H21N3. The molecule has 0 atom stereocenters. The van der Waals surface area contributed by atoms with Crippen molar-refractivity contribution in [2.45, 2.75) is 19.3 Å². The lowest BCUT2D eigenvalue weighted by atomic mass is 9.61. The molecule has 13 heavy (non-hydrogen) atoms. The summed E-state index contributed by atoms with van der Waals surface area (Å²) >= 11 is 0.